The molecule has 0 aliphatic carbocycles. The van der Waals surface area contributed by atoms with E-state index in [1.165, 1.54) is 21.3 Å². The molecule has 0 spiro atoms. The molecule has 8 heteroatoms. The van der Waals surface area contributed by atoms with Crippen molar-refractivity contribution in [1.29, 1.82) is 0 Å². The van der Waals surface area contributed by atoms with Crippen molar-refractivity contribution in [2.24, 2.45) is 0 Å². The second-order valence-corrected chi connectivity index (χ2v) is 6.99. The van der Waals surface area contributed by atoms with E-state index in [2.05, 4.69) is 5.32 Å². The summed E-state index contributed by atoms with van der Waals surface area (Å²) in [6, 6.07) is 10.8. The van der Waals surface area contributed by atoms with E-state index in [1.807, 2.05) is 31.2 Å². The lowest BCUT2D eigenvalue weighted by atomic mass is 10.1. The third kappa shape index (κ3) is 4.59. The Balaban J connectivity index is 1.64. The molecule has 0 aromatic heterocycles. The third-order valence-corrected chi connectivity index (χ3v) is 5.04. The molecular weight excluding hydrogens is 386 g/mol. The van der Waals surface area contributed by atoms with E-state index in [9.17, 15) is 9.59 Å². The van der Waals surface area contributed by atoms with Crippen LogP contribution in [-0.2, 0) is 0 Å². The van der Waals surface area contributed by atoms with Crippen molar-refractivity contribution in [2.45, 2.75) is 6.92 Å². The number of nitrogens with one attached hydrogen (secondary N) is 1. The Morgan fingerprint density at radius 3 is 2.00 bits per heavy atom. The van der Waals surface area contributed by atoms with Crippen LogP contribution in [0, 0.1) is 6.92 Å². The number of hydrogen-bond donors (Lipinski definition) is 1. The number of nitrogens with zero attached hydrogens (tertiary/aromatic N) is 2. The third-order valence-electron chi connectivity index (χ3n) is 5.04. The molecule has 3 rings (SSSR count). The van der Waals surface area contributed by atoms with Crippen molar-refractivity contribution >= 4 is 17.6 Å². The highest BCUT2D eigenvalue weighted by molar-refractivity contribution is 5.96. The van der Waals surface area contributed by atoms with E-state index < -0.39 is 0 Å². The minimum Gasteiger partial charge on any atom is -0.493 e. The molecule has 3 amide bonds. The Labute approximate surface area is 176 Å². The van der Waals surface area contributed by atoms with Gasteiger partial charge in [-0.1, -0.05) is 12.1 Å². The molecule has 30 heavy (non-hydrogen) atoms. The number of anilines is 1. The fraction of sp³-hybridized carbons (Fsp3) is 0.364. The zero-order valence-corrected chi connectivity index (χ0v) is 17.7. The summed E-state index contributed by atoms with van der Waals surface area (Å²) < 4.78 is 16.0. The summed E-state index contributed by atoms with van der Waals surface area (Å²) in [5, 5.41) is 2.91. The van der Waals surface area contributed by atoms with E-state index in [1.54, 1.807) is 21.9 Å². The molecular formula is C22H27N3O5. The summed E-state index contributed by atoms with van der Waals surface area (Å²) in [5.41, 5.74) is 2.28. The van der Waals surface area contributed by atoms with Crippen molar-refractivity contribution < 1.29 is 23.8 Å². The first kappa shape index (κ1) is 21.3. The number of carbonyl (C=O) groups is 2. The van der Waals surface area contributed by atoms with Crippen molar-refractivity contribution in [1.82, 2.24) is 9.80 Å². The molecule has 1 aliphatic rings. The monoisotopic (exact) mass is 413 g/mol. The van der Waals surface area contributed by atoms with Gasteiger partial charge in [-0.25, -0.2) is 4.79 Å². The highest BCUT2D eigenvalue weighted by Crippen LogP contribution is 2.38. The minimum absolute atomic E-state index is 0.145. The molecule has 1 fully saturated rings. The standard InChI is InChI=1S/C22H27N3O5/c1-15-6-5-7-17(12-15)23-22(27)25-10-8-24(9-11-25)21(26)16-13-18(28-2)20(30-4)19(14-16)29-3/h5-7,12-14H,8-11H2,1-4H3,(H,23,27). The number of methoxy groups -OCH3 is 3. The first-order valence-electron chi connectivity index (χ1n) is 9.68. The lowest BCUT2D eigenvalue weighted by Crippen LogP contribution is -2.51. The van der Waals surface area contributed by atoms with Crippen molar-refractivity contribution in [3.63, 3.8) is 0 Å². The molecule has 0 atom stereocenters. The van der Waals surface area contributed by atoms with Crippen molar-refractivity contribution in [3.8, 4) is 17.2 Å². The first-order chi connectivity index (χ1) is 14.5. The number of urea groups is 1. The summed E-state index contributed by atoms with van der Waals surface area (Å²) in [7, 11) is 4.54. The normalized spacial score (nSPS) is 13.6. The molecule has 2 aromatic carbocycles. The Kier molecular flexibility index (Phi) is 6.66. The smallest absolute Gasteiger partial charge is 0.321 e. The van der Waals surface area contributed by atoms with Crippen LogP contribution in [0.5, 0.6) is 17.2 Å². The molecule has 1 aliphatic heterocycles. The number of amides is 3. The average molecular weight is 413 g/mol. The van der Waals surface area contributed by atoms with Gasteiger partial charge < -0.3 is 29.3 Å². The number of hydrogen-bond acceptors (Lipinski definition) is 5. The molecule has 1 N–H and O–H groups in total. The molecule has 1 heterocycles. The maximum absolute atomic E-state index is 13.0. The summed E-state index contributed by atoms with van der Waals surface area (Å²) in [6.45, 7) is 3.76. The Morgan fingerprint density at radius 1 is 0.867 bits per heavy atom. The van der Waals surface area contributed by atoms with Crippen LogP contribution in [0.15, 0.2) is 36.4 Å². The van der Waals surface area contributed by atoms with Gasteiger partial charge in [0, 0.05) is 37.4 Å². The number of piperazine rings is 1. The zero-order chi connectivity index (χ0) is 21.7. The summed E-state index contributed by atoms with van der Waals surface area (Å²) >= 11 is 0. The van der Waals surface area contributed by atoms with Crippen LogP contribution >= 0.6 is 0 Å². The quantitative estimate of drug-likeness (QED) is 0.815. The summed E-state index contributed by atoms with van der Waals surface area (Å²) in [4.78, 5) is 29.0. The van der Waals surface area contributed by atoms with Crippen LogP contribution in [0.2, 0.25) is 0 Å². The van der Waals surface area contributed by atoms with Crippen LogP contribution in [0.3, 0.4) is 0 Å². The van der Waals surface area contributed by atoms with Crippen LogP contribution in [0.25, 0.3) is 0 Å². The van der Waals surface area contributed by atoms with Gasteiger partial charge in [0.1, 0.15) is 0 Å². The van der Waals surface area contributed by atoms with E-state index in [4.69, 9.17) is 14.2 Å². The van der Waals surface area contributed by atoms with Gasteiger partial charge in [0.15, 0.2) is 11.5 Å². The lowest BCUT2D eigenvalue weighted by molar-refractivity contribution is 0.0671. The van der Waals surface area contributed by atoms with Gasteiger partial charge >= 0.3 is 6.03 Å². The zero-order valence-electron chi connectivity index (χ0n) is 17.7. The fourth-order valence-electron chi connectivity index (χ4n) is 3.43. The molecule has 160 valence electrons. The van der Waals surface area contributed by atoms with Crippen LogP contribution in [0.4, 0.5) is 10.5 Å². The molecule has 1 saturated heterocycles. The summed E-state index contributed by atoms with van der Waals surface area (Å²) in [6.07, 6.45) is 0. The van der Waals surface area contributed by atoms with Gasteiger partial charge in [-0.3, -0.25) is 4.79 Å². The average Bonchev–Trinajstić information content (AvgIpc) is 2.77. The first-order valence-corrected chi connectivity index (χ1v) is 9.68. The molecule has 8 nitrogen and oxygen atoms in total. The predicted octanol–water partition coefficient (Wildman–Crippen LogP) is 3.01. The van der Waals surface area contributed by atoms with Crippen LogP contribution < -0.4 is 19.5 Å². The Morgan fingerprint density at radius 2 is 1.47 bits per heavy atom. The number of carbonyl (C=O) groups excluding carboxylic acids is 2. The maximum Gasteiger partial charge on any atom is 0.321 e. The highest BCUT2D eigenvalue weighted by Gasteiger charge is 2.26. The summed E-state index contributed by atoms with van der Waals surface area (Å²) in [5.74, 6) is 1.15. The highest BCUT2D eigenvalue weighted by atomic mass is 16.5. The topological polar surface area (TPSA) is 80.3 Å². The van der Waals surface area contributed by atoms with E-state index in [-0.39, 0.29) is 11.9 Å². The molecule has 0 radical (unpaired) electrons. The predicted molar refractivity (Wildman–Crippen MR) is 114 cm³/mol. The van der Waals surface area contributed by atoms with Gasteiger partial charge in [-0.05, 0) is 36.8 Å². The number of benzene rings is 2. The van der Waals surface area contributed by atoms with Gasteiger partial charge in [0.05, 0.1) is 21.3 Å². The minimum atomic E-state index is -0.166. The largest absolute Gasteiger partial charge is 0.493 e. The second kappa shape index (κ2) is 9.39. The van der Waals surface area contributed by atoms with Crippen LogP contribution in [-0.4, -0.2) is 69.2 Å². The second-order valence-electron chi connectivity index (χ2n) is 6.99. The van der Waals surface area contributed by atoms with Gasteiger partial charge in [-0.2, -0.15) is 0 Å². The maximum atomic E-state index is 13.0. The van der Waals surface area contributed by atoms with Crippen molar-refractivity contribution in [2.75, 3.05) is 52.8 Å². The van der Waals surface area contributed by atoms with Gasteiger partial charge in [0.25, 0.3) is 5.91 Å². The molecule has 0 saturated carbocycles. The van der Waals surface area contributed by atoms with E-state index in [0.29, 0.717) is 49.0 Å². The Bertz CT molecular complexity index is 898. The van der Waals surface area contributed by atoms with Gasteiger partial charge in [-0.15, -0.1) is 0 Å². The Hall–Kier alpha value is -3.42. The van der Waals surface area contributed by atoms with Gasteiger partial charge in [0.2, 0.25) is 5.75 Å². The number of ether oxygens (including phenoxy) is 3. The van der Waals surface area contributed by atoms with Crippen molar-refractivity contribution in [3.05, 3.63) is 47.5 Å². The molecule has 2 aromatic rings. The fourth-order valence-corrected chi connectivity index (χ4v) is 3.43. The lowest BCUT2D eigenvalue weighted by Gasteiger charge is -2.34. The number of rotatable bonds is 5. The van der Waals surface area contributed by atoms with E-state index in [0.717, 1.165) is 11.3 Å². The molecule has 0 unspecified atom stereocenters. The number of aryl methyl sites for hydroxylation is 1. The van der Waals surface area contributed by atoms with Crippen LogP contribution in [0.1, 0.15) is 15.9 Å². The van der Waals surface area contributed by atoms with E-state index >= 15 is 0 Å². The molecule has 0 bridgehead atoms. The SMILES string of the molecule is COc1cc(C(=O)N2CCN(C(=O)Nc3cccc(C)c3)CC2)cc(OC)c1OC.